The standard InChI is InChI=1S/C9H14N4O3S.C4H6N4OS/c1-9(2,3)16-8(15)11-7-5(6(14)10-4)12-13-17-7;1-6-4(9)2-3(5)10-8-7-2/h1-4H3,(H,10,14)(H,11,15);5H2,1H3,(H,6,9). The van der Waals surface area contributed by atoms with Crippen LogP contribution in [-0.4, -0.2) is 56.8 Å². The quantitative estimate of drug-likeness (QED) is 0.562. The summed E-state index contributed by atoms with van der Waals surface area (Å²) in [5, 5.41) is 15.0. The van der Waals surface area contributed by atoms with Gasteiger partial charge >= 0.3 is 6.09 Å². The number of carbonyl (C=O) groups is 3. The van der Waals surface area contributed by atoms with Gasteiger partial charge in [0.05, 0.1) is 0 Å². The summed E-state index contributed by atoms with van der Waals surface area (Å²) in [6.45, 7) is 5.24. The van der Waals surface area contributed by atoms with Gasteiger partial charge in [-0.1, -0.05) is 8.98 Å². The molecule has 0 aliphatic rings. The van der Waals surface area contributed by atoms with Crippen molar-refractivity contribution >= 4 is 51.0 Å². The molecule has 0 saturated carbocycles. The monoisotopic (exact) mass is 416 g/mol. The molecule has 148 valence electrons. The summed E-state index contributed by atoms with van der Waals surface area (Å²) in [5.74, 6) is -0.712. The Morgan fingerprint density at radius 1 is 0.963 bits per heavy atom. The van der Waals surface area contributed by atoms with Crippen molar-refractivity contribution in [3.63, 3.8) is 0 Å². The highest BCUT2D eigenvalue weighted by Gasteiger charge is 2.21. The lowest BCUT2D eigenvalue weighted by molar-refractivity contribution is 0.0636. The molecule has 0 atom stereocenters. The van der Waals surface area contributed by atoms with Gasteiger partial charge in [-0.2, -0.15) is 0 Å². The number of nitrogen functional groups attached to an aromatic ring is 1. The second-order valence-electron chi connectivity index (χ2n) is 5.72. The van der Waals surface area contributed by atoms with Crippen molar-refractivity contribution in [3.05, 3.63) is 11.4 Å². The highest BCUT2D eigenvalue weighted by Crippen LogP contribution is 2.18. The van der Waals surface area contributed by atoms with E-state index in [0.717, 1.165) is 23.1 Å². The van der Waals surface area contributed by atoms with Crippen LogP contribution in [0.4, 0.5) is 14.8 Å². The first kappa shape index (κ1) is 22.2. The van der Waals surface area contributed by atoms with Crippen molar-refractivity contribution < 1.29 is 19.1 Å². The van der Waals surface area contributed by atoms with Crippen LogP contribution in [0.25, 0.3) is 0 Å². The minimum Gasteiger partial charge on any atom is -0.444 e. The smallest absolute Gasteiger partial charge is 0.412 e. The molecule has 0 aliphatic heterocycles. The molecule has 0 fully saturated rings. The second-order valence-corrected chi connectivity index (χ2v) is 7.26. The van der Waals surface area contributed by atoms with Crippen molar-refractivity contribution in [2.75, 3.05) is 25.1 Å². The molecule has 2 aromatic rings. The molecule has 0 aromatic carbocycles. The van der Waals surface area contributed by atoms with Crippen molar-refractivity contribution in [2.45, 2.75) is 26.4 Å². The number of nitrogens with zero attached hydrogens (tertiary/aromatic N) is 4. The summed E-state index contributed by atoms with van der Waals surface area (Å²) in [5.41, 5.74) is 5.02. The third kappa shape index (κ3) is 7.10. The molecule has 0 bridgehead atoms. The van der Waals surface area contributed by atoms with E-state index >= 15 is 0 Å². The summed E-state index contributed by atoms with van der Waals surface area (Å²) >= 11 is 1.92. The molecule has 2 rings (SSSR count). The number of nitrogens with two attached hydrogens (primary N) is 1. The molecule has 5 N–H and O–H groups in total. The van der Waals surface area contributed by atoms with Gasteiger partial charge in [0.25, 0.3) is 11.8 Å². The summed E-state index contributed by atoms with van der Waals surface area (Å²) in [6.07, 6.45) is -0.645. The van der Waals surface area contributed by atoms with Gasteiger partial charge in [-0.3, -0.25) is 14.9 Å². The van der Waals surface area contributed by atoms with Crippen molar-refractivity contribution in [1.29, 1.82) is 0 Å². The van der Waals surface area contributed by atoms with Crippen molar-refractivity contribution in [1.82, 2.24) is 29.8 Å². The fourth-order valence-electron chi connectivity index (χ4n) is 1.41. The SMILES string of the molecule is CNC(=O)c1nnsc1N.CNC(=O)c1nnsc1NC(=O)OC(C)(C)C. The third-order valence-electron chi connectivity index (χ3n) is 2.50. The highest BCUT2D eigenvalue weighted by molar-refractivity contribution is 7.10. The Balaban J connectivity index is 0.000000309. The summed E-state index contributed by atoms with van der Waals surface area (Å²) in [4.78, 5) is 33.6. The van der Waals surface area contributed by atoms with Crippen LogP contribution >= 0.6 is 23.1 Å². The Hall–Kier alpha value is -2.87. The molecule has 27 heavy (non-hydrogen) atoms. The maximum absolute atomic E-state index is 11.5. The fraction of sp³-hybridized carbons (Fsp3) is 0.462. The Morgan fingerprint density at radius 2 is 1.48 bits per heavy atom. The van der Waals surface area contributed by atoms with E-state index in [9.17, 15) is 14.4 Å². The topological polar surface area (TPSA) is 174 Å². The molecule has 2 aromatic heterocycles. The van der Waals surface area contributed by atoms with E-state index in [2.05, 4.69) is 35.1 Å². The summed E-state index contributed by atoms with van der Waals surface area (Å²) in [7, 11) is 2.99. The minimum atomic E-state index is -0.645. The number of carbonyl (C=O) groups excluding carboxylic acids is 3. The molecule has 0 saturated heterocycles. The van der Waals surface area contributed by atoms with E-state index in [-0.39, 0.29) is 22.3 Å². The molecule has 14 heteroatoms. The van der Waals surface area contributed by atoms with E-state index in [4.69, 9.17) is 10.5 Å². The van der Waals surface area contributed by atoms with Gasteiger partial charge < -0.3 is 21.1 Å². The zero-order chi connectivity index (χ0) is 20.6. The van der Waals surface area contributed by atoms with Crippen LogP contribution in [0, 0.1) is 0 Å². The normalized spacial score (nSPS) is 10.3. The lowest BCUT2D eigenvalue weighted by Gasteiger charge is -2.19. The molecule has 0 unspecified atom stereocenters. The van der Waals surface area contributed by atoms with Crippen LogP contribution in [0.5, 0.6) is 0 Å². The number of amides is 3. The van der Waals surface area contributed by atoms with Gasteiger partial charge in [0.15, 0.2) is 16.4 Å². The predicted octanol–water partition coefficient (Wildman–Crippen LogP) is 0.725. The molecule has 0 radical (unpaired) electrons. The zero-order valence-electron chi connectivity index (χ0n) is 15.3. The van der Waals surface area contributed by atoms with E-state index in [1.165, 1.54) is 14.1 Å². The van der Waals surface area contributed by atoms with Crippen molar-refractivity contribution in [2.24, 2.45) is 0 Å². The van der Waals surface area contributed by atoms with Gasteiger partial charge in [0.2, 0.25) is 0 Å². The predicted molar refractivity (Wildman–Crippen MR) is 101 cm³/mol. The van der Waals surface area contributed by atoms with Crippen LogP contribution < -0.4 is 21.7 Å². The van der Waals surface area contributed by atoms with Crippen molar-refractivity contribution in [3.8, 4) is 0 Å². The van der Waals surface area contributed by atoms with Gasteiger partial charge in [-0.05, 0) is 20.8 Å². The molecule has 12 nitrogen and oxygen atoms in total. The maximum Gasteiger partial charge on any atom is 0.412 e. The summed E-state index contributed by atoms with van der Waals surface area (Å²) < 4.78 is 12.1. The van der Waals surface area contributed by atoms with E-state index in [1.807, 2.05) is 0 Å². The van der Waals surface area contributed by atoms with Gasteiger partial charge in [-0.15, -0.1) is 10.2 Å². The van der Waals surface area contributed by atoms with Crippen LogP contribution in [0.3, 0.4) is 0 Å². The van der Waals surface area contributed by atoms with Crippen LogP contribution in [0.1, 0.15) is 41.7 Å². The minimum absolute atomic E-state index is 0.0726. The molecule has 2 heterocycles. The summed E-state index contributed by atoms with van der Waals surface area (Å²) in [6, 6.07) is 0. The first-order chi connectivity index (χ1) is 12.6. The van der Waals surface area contributed by atoms with E-state index in [0.29, 0.717) is 5.00 Å². The van der Waals surface area contributed by atoms with E-state index < -0.39 is 17.6 Å². The Labute approximate surface area is 163 Å². The van der Waals surface area contributed by atoms with Crippen LogP contribution in [0.15, 0.2) is 0 Å². The van der Waals surface area contributed by atoms with Gasteiger partial charge in [0.1, 0.15) is 10.6 Å². The van der Waals surface area contributed by atoms with Crippen LogP contribution in [-0.2, 0) is 4.74 Å². The number of hydrogen-bond donors (Lipinski definition) is 4. The maximum atomic E-state index is 11.5. The number of anilines is 2. The second kappa shape index (κ2) is 9.72. The van der Waals surface area contributed by atoms with Crippen LogP contribution in [0.2, 0.25) is 0 Å². The first-order valence-electron chi connectivity index (χ1n) is 7.43. The number of ether oxygens (including phenoxy) is 1. The van der Waals surface area contributed by atoms with Gasteiger partial charge in [0, 0.05) is 37.2 Å². The first-order valence-corrected chi connectivity index (χ1v) is 8.98. The third-order valence-corrected chi connectivity index (χ3v) is 3.69. The Morgan fingerprint density at radius 3 is 1.96 bits per heavy atom. The van der Waals surface area contributed by atoms with Gasteiger partial charge in [-0.25, -0.2) is 4.79 Å². The average molecular weight is 416 g/mol. The Bertz CT molecular complexity index is 798. The molecular formula is C13H20N8O4S2. The lowest BCUT2D eigenvalue weighted by Crippen LogP contribution is -2.28. The lowest BCUT2D eigenvalue weighted by atomic mass is 10.2. The molecular weight excluding hydrogens is 396 g/mol. The number of hydrogen-bond acceptors (Lipinski definition) is 11. The zero-order valence-corrected chi connectivity index (χ0v) is 16.9. The molecule has 3 amide bonds. The molecule has 0 aliphatic carbocycles. The fourth-order valence-corrected chi connectivity index (χ4v) is 2.39. The Kier molecular flexibility index (Phi) is 7.99. The highest BCUT2D eigenvalue weighted by atomic mass is 32.1. The number of aromatic nitrogens is 4. The largest absolute Gasteiger partial charge is 0.444 e. The molecule has 0 spiro atoms. The number of rotatable bonds is 3. The number of nitrogens with one attached hydrogen (secondary N) is 3. The average Bonchev–Trinajstić information content (AvgIpc) is 3.21. The van der Waals surface area contributed by atoms with E-state index in [1.54, 1.807) is 20.8 Å².